The fraction of sp³-hybridized carbons (Fsp3) is 0.792. The van der Waals surface area contributed by atoms with Crippen LogP contribution in [0, 0.1) is 34.5 Å². The maximum absolute atomic E-state index is 13.1. The first-order valence-electron chi connectivity index (χ1n) is 11.8. The summed E-state index contributed by atoms with van der Waals surface area (Å²) in [5.74, 6) is -6.42. The van der Waals surface area contributed by atoms with Crippen molar-refractivity contribution in [2.24, 2.45) is 34.5 Å². The summed E-state index contributed by atoms with van der Waals surface area (Å²) >= 11 is 0. The summed E-state index contributed by atoms with van der Waals surface area (Å²) in [5.41, 5.74) is -1.50. The number of aliphatic hydroxyl groups is 3. The van der Waals surface area contributed by atoms with Gasteiger partial charge < -0.3 is 29.5 Å². The van der Waals surface area contributed by atoms with Gasteiger partial charge in [0.1, 0.15) is 18.3 Å². The van der Waals surface area contributed by atoms with E-state index in [1.165, 1.54) is 6.08 Å². The van der Waals surface area contributed by atoms with Gasteiger partial charge in [0, 0.05) is 29.1 Å². The van der Waals surface area contributed by atoms with Gasteiger partial charge in [-0.25, -0.2) is 4.79 Å². The van der Waals surface area contributed by atoms with Gasteiger partial charge in [0.15, 0.2) is 11.6 Å². The number of allylic oxidation sites excluding steroid dienone is 1. The van der Waals surface area contributed by atoms with E-state index in [1.54, 1.807) is 20.8 Å². The second kappa shape index (κ2) is 7.10. The fourth-order valence-electron chi connectivity index (χ4n) is 8.14. The van der Waals surface area contributed by atoms with Crippen LogP contribution in [0.25, 0.3) is 0 Å². The number of ketones is 1. The van der Waals surface area contributed by atoms with Crippen LogP contribution in [0.15, 0.2) is 11.6 Å². The molecule has 11 atom stereocenters. The average Bonchev–Trinajstić information content (AvgIpc) is 3.04. The molecule has 1 spiro atoms. The fourth-order valence-corrected chi connectivity index (χ4v) is 8.14. The van der Waals surface area contributed by atoms with Crippen LogP contribution in [-0.2, 0) is 28.6 Å². The summed E-state index contributed by atoms with van der Waals surface area (Å²) in [4.78, 5) is 38.3. The van der Waals surface area contributed by atoms with Crippen molar-refractivity contribution in [3.05, 3.63) is 11.6 Å². The number of carbonyl (C=O) groups is 3. The van der Waals surface area contributed by atoms with E-state index in [9.17, 15) is 29.7 Å². The molecule has 2 heterocycles. The van der Waals surface area contributed by atoms with Crippen molar-refractivity contribution >= 4 is 17.7 Å². The molecule has 3 aliphatic carbocycles. The van der Waals surface area contributed by atoms with Crippen molar-refractivity contribution in [1.29, 1.82) is 0 Å². The summed E-state index contributed by atoms with van der Waals surface area (Å²) in [6, 6.07) is 0. The quantitative estimate of drug-likeness (QED) is 0.509. The van der Waals surface area contributed by atoms with Gasteiger partial charge >= 0.3 is 11.9 Å². The molecule has 2 bridgehead atoms. The van der Waals surface area contributed by atoms with Crippen molar-refractivity contribution in [3.8, 4) is 0 Å². The number of rotatable bonds is 3. The zero-order valence-corrected chi connectivity index (χ0v) is 19.3. The standard InChI is InChI=1S/C24H32O9/c1-5-6-15(26)33-17-16-11(3)18(27)24(30)21-22(4)12(10(2)7-13(25)19(22)28)8-14(32-20(17)29)23(16,21)9-31-24/h7,11-12,14,16-19,21,27-28,30H,5-6,8-9H2,1-4H3/t11-,12+,14-,16-,17-,18-,19-,21-,22-,23+,24+/m1/s1. The van der Waals surface area contributed by atoms with E-state index < -0.39 is 76.5 Å². The number of esters is 2. The minimum atomic E-state index is -2.05. The largest absolute Gasteiger partial charge is 0.459 e. The third kappa shape index (κ3) is 2.59. The summed E-state index contributed by atoms with van der Waals surface area (Å²) in [7, 11) is 0. The Balaban J connectivity index is 1.70. The zero-order chi connectivity index (χ0) is 24.1. The van der Waals surface area contributed by atoms with Crippen molar-refractivity contribution < 1.29 is 43.9 Å². The van der Waals surface area contributed by atoms with Crippen LogP contribution in [0.5, 0.6) is 0 Å². The van der Waals surface area contributed by atoms with Crippen LogP contribution in [0.1, 0.15) is 47.0 Å². The minimum absolute atomic E-state index is 0.0496. The van der Waals surface area contributed by atoms with E-state index >= 15 is 0 Å². The Labute approximate surface area is 192 Å². The molecular weight excluding hydrogens is 432 g/mol. The molecule has 0 aromatic heterocycles. The van der Waals surface area contributed by atoms with Gasteiger partial charge in [-0.2, -0.15) is 0 Å². The summed E-state index contributed by atoms with van der Waals surface area (Å²) in [5, 5.41) is 34.2. The highest BCUT2D eigenvalue weighted by Gasteiger charge is 2.83. The molecule has 0 aromatic carbocycles. The first-order chi connectivity index (χ1) is 15.4. The molecule has 9 nitrogen and oxygen atoms in total. The highest BCUT2D eigenvalue weighted by Crippen LogP contribution is 2.73. The Morgan fingerprint density at radius 2 is 2.00 bits per heavy atom. The van der Waals surface area contributed by atoms with Crippen LogP contribution in [0.4, 0.5) is 0 Å². The topological polar surface area (TPSA) is 140 Å². The van der Waals surface area contributed by atoms with Gasteiger partial charge in [0.05, 0.1) is 6.61 Å². The average molecular weight is 465 g/mol. The molecule has 3 N–H and O–H groups in total. The monoisotopic (exact) mass is 464 g/mol. The number of carbonyl (C=O) groups excluding carboxylic acids is 3. The second-order valence-electron chi connectivity index (χ2n) is 10.8. The number of fused-ring (bicyclic) bond motifs is 1. The molecule has 4 fully saturated rings. The Bertz CT molecular complexity index is 944. The lowest BCUT2D eigenvalue weighted by Gasteiger charge is -2.68. The van der Waals surface area contributed by atoms with Gasteiger partial charge in [-0.05, 0) is 37.7 Å². The predicted molar refractivity (Wildman–Crippen MR) is 111 cm³/mol. The molecule has 0 unspecified atom stereocenters. The molecule has 5 rings (SSSR count). The maximum atomic E-state index is 13.1. The SMILES string of the molecule is CCCC(=O)O[C@H]1C(=O)O[C@@H]2C[C@H]3C(C)=CC(=O)[C@@H](O)[C@]3(C)[C@H]3[C@@]4(O)OC[C@]32[C@@H]1[C@@H](C)[C@H]4O. The highest BCUT2D eigenvalue weighted by atomic mass is 16.7. The minimum Gasteiger partial charge on any atom is -0.459 e. The molecule has 0 amide bonds. The van der Waals surface area contributed by atoms with Crippen LogP contribution >= 0.6 is 0 Å². The Morgan fingerprint density at radius 3 is 2.67 bits per heavy atom. The maximum Gasteiger partial charge on any atom is 0.348 e. The smallest absolute Gasteiger partial charge is 0.348 e. The first-order valence-corrected chi connectivity index (χ1v) is 11.8. The number of hydrogen-bond acceptors (Lipinski definition) is 9. The lowest BCUT2D eigenvalue weighted by Crippen LogP contribution is -2.78. The van der Waals surface area contributed by atoms with Crippen LogP contribution in [-0.4, -0.2) is 69.9 Å². The van der Waals surface area contributed by atoms with Gasteiger partial charge in [-0.1, -0.05) is 26.3 Å². The van der Waals surface area contributed by atoms with E-state index in [1.807, 2.05) is 6.92 Å². The van der Waals surface area contributed by atoms with Gasteiger partial charge in [0.2, 0.25) is 6.10 Å². The van der Waals surface area contributed by atoms with Crippen LogP contribution in [0.2, 0.25) is 0 Å². The normalized spacial score (nSPS) is 52.4. The number of ether oxygens (including phenoxy) is 3. The van der Waals surface area contributed by atoms with Crippen LogP contribution < -0.4 is 0 Å². The third-order valence-corrected chi connectivity index (χ3v) is 9.34. The van der Waals surface area contributed by atoms with E-state index in [0.29, 0.717) is 12.8 Å². The molecular formula is C24H32O9. The lowest BCUT2D eigenvalue weighted by atomic mass is 9.38. The molecule has 2 saturated carbocycles. The molecule has 0 aromatic rings. The van der Waals surface area contributed by atoms with Crippen molar-refractivity contribution in [3.63, 3.8) is 0 Å². The van der Waals surface area contributed by atoms with E-state index in [-0.39, 0.29) is 18.9 Å². The molecule has 5 aliphatic rings. The number of aliphatic hydroxyl groups excluding tert-OH is 2. The molecule has 0 radical (unpaired) electrons. The number of hydrogen-bond donors (Lipinski definition) is 3. The molecule has 2 aliphatic heterocycles. The third-order valence-electron chi connectivity index (χ3n) is 9.34. The highest BCUT2D eigenvalue weighted by molar-refractivity contribution is 5.96. The van der Waals surface area contributed by atoms with E-state index in [0.717, 1.165) is 5.57 Å². The van der Waals surface area contributed by atoms with Gasteiger partial charge in [-0.15, -0.1) is 0 Å². The van der Waals surface area contributed by atoms with Crippen molar-refractivity contribution in [2.45, 2.75) is 77.2 Å². The molecule has 2 saturated heterocycles. The van der Waals surface area contributed by atoms with E-state index in [4.69, 9.17) is 14.2 Å². The summed E-state index contributed by atoms with van der Waals surface area (Å²) in [6.07, 6.45) is -2.40. The van der Waals surface area contributed by atoms with Gasteiger partial charge in [0.25, 0.3) is 0 Å². The Morgan fingerprint density at radius 1 is 1.30 bits per heavy atom. The molecule has 33 heavy (non-hydrogen) atoms. The second-order valence-corrected chi connectivity index (χ2v) is 10.8. The first kappa shape index (κ1) is 23.0. The van der Waals surface area contributed by atoms with Gasteiger partial charge in [-0.3, -0.25) is 9.59 Å². The zero-order valence-electron chi connectivity index (χ0n) is 19.3. The summed E-state index contributed by atoms with van der Waals surface area (Å²) < 4.78 is 17.4. The summed E-state index contributed by atoms with van der Waals surface area (Å²) in [6.45, 7) is 7.00. The molecule has 9 heteroatoms. The van der Waals surface area contributed by atoms with Crippen LogP contribution in [0.3, 0.4) is 0 Å². The van der Waals surface area contributed by atoms with E-state index in [2.05, 4.69) is 0 Å². The van der Waals surface area contributed by atoms with Crippen molar-refractivity contribution in [2.75, 3.05) is 6.61 Å². The Hall–Kier alpha value is -1.81. The lowest BCUT2D eigenvalue weighted by molar-refractivity contribution is -0.340. The molecule has 182 valence electrons. The van der Waals surface area contributed by atoms with Crippen molar-refractivity contribution in [1.82, 2.24) is 0 Å². The predicted octanol–water partition coefficient (Wildman–Crippen LogP) is 0.488. The Kier molecular flexibility index (Phi) is 4.94.